The summed E-state index contributed by atoms with van der Waals surface area (Å²) in [5, 5.41) is 9.81. The first-order valence-electron chi connectivity index (χ1n) is 16.8. The quantitative estimate of drug-likeness (QED) is 0.178. The van der Waals surface area contributed by atoms with E-state index in [2.05, 4.69) is 170 Å². The van der Waals surface area contributed by atoms with E-state index in [0.717, 1.165) is 21.9 Å². The Morgan fingerprint density at radius 2 is 0.816 bits per heavy atom. The van der Waals surface area contributed by atoms with Gasteiger partial charge in [-0.1, -0.05) is 152 Å². The standard InChI is InChI=1S/C48H30O/c1-2-12-31(13-3-1)33-24-26-37-35(28-33)15-11-22-39(37)48-42-20-6-4-18-40(42)47(41-19-5-7-21-43(41)48)36-16-10-14-32(29-36)34-25-27-46-44(30-34)38-17-8-9-23-45(38)49-46/h1-30H. The molecule has 0 unspecified atom stereocenters. The number of furan rings is 1. The maximum Gasteiger partial charge on any atom is 0.135 e. The number of hydrogen-bond acceptors (Lipinski definition) is 1. The maximum absolute atomic E-state index is 6.13. The van der Waals surface area contributed by atoms with E-state index in [1.54, 1.807) is 0 Å². The molecule has 0 aliphatic heterocycles. The Morgan fingerprint density at radius 1 is 0.265 bits per heavy atom. The van der Waals surface area contributed by atoms with Gasteiger partial charge in [0.05, 0.1) is 0 Å². The van der Waals surface area contributed by atoms with E-state index in [9.17, 15) is 0 Å². The molecule has 49 heavy (non-hydrogen) atoms. The van der Waals surface area contributed by atoms with Crippen LogP contribution in [0.5, 0.6) is 0 Å². The molecule has 1 heterocycles. The van der Waals surface area contributed by atoms with E-state index in [4.69, 9.17) is 4.42 Å². The van der Waals surface area contributed by atoms with Crippen molar-refractivity contribution >= 4 is 54.3 Å². The van der Waals surface area contributed by atoms with Crippen molar-refractivity contribution in [3.05, 3.63) is 182 Å². The molecule has 10 aromatic rings. The zero-order valence-electron chi connectivity index (χ0n) is 26.7. The van der Waals surface area contributed by atoms with Crippen molar-refractivity contribution in [1.82, 2.24) is 0 Å². The van der Waals surface area contributed by atoms with Gasteiger partial charge in [0.1, 0.15) is 11.2 Å². The van der Waals surface area contributed by atoms with Gasteiger partial charge < -0.3 is 4.42 Å². The number of benzene rings is 9. The van der Waals surface area contributed by atoms with Crippen molar-refractivity contribution in [1.29, 1.82) is 0 Å². The highest BCUT2D eigenvalue weighted by atomic mass is 16.3. The van der Waals surface area contributed by atoms with E-state index in [1.807, 2.05) is 12.1 Å². The number of rotatable bonds is 4. The van der Waals surface area contributed by atoms with Gasteiger partial charge in [-0.05, 0) is 107 Å². The molecule has 0 saturated heterocycles. The van der Waals surface area contributed by atoms with Crippen LogP contribution in [0.15, 0.2) is 186 Å². The Balaban J connectivity index is 1.18. The van der Waals surface area contributed by atoms with Gasteiger partial charge in [-0.3, -0.25) is 0 Å². The van der Waals surface area contributed by atoms with E-state index in [0.29, 0.717) is 0 Å². The van der Waals surface area contributed by atoms with Gasteiger partial charge >= 0.3 is 0 Å². The predicted octanol–water partition coefficient (Wildman–Crippen LogP) is 13.7. The number of para-hydroxylation sites is 1. The van der Waals surface area contributed by atoms with Crippen LogP contribution >= 0.6 is 0 Å². The lowest BCUT2D eigenvalue weighted by Gasteiger charge is -2.19. The van der Waals surface area contributed by atoms with Crippen molar-refractivity contribution in [2.45, 2.75) is 0 Å². The molecule has 0 aliphatic rings. The molecule has 0 saturated carbocycles. The summed E-state index contributed by atoms with van der Waals surface area (Å²) in [5.41, 5.74) is 11.7. The van der Waals surface area contributed by atoms with Crippen LogP contribution in [0.25, 0.3) is 98.8 Å². The molecule has 0 atom stereocenters. The summed E-state index contributed by atoms with van der Waals surface area (Å²) in [6, 6.07) is 65.9. The second-order valence-corrected chi connectivity index (χ2v) is 12.8. The Kier molecular flexibility index (Phi) is 6.25. The fourth-order valence-electron chi connectivity index (χ4n) is 7.80. The van der Waals surface area contributed by atoms with Crippen LogP contribution in [-0.2, 0) is 0 Å². The van der Waals surface area contributed by atoms with Gasteiger partial charge in [-0.25, -0.2) is 0 Å². The van der Waals surface area contributed by atoms with Crippen LogP contribution in [0.2, 0.25) is 0 Å². The minimum Gasteiger partial charge on any atom is -0.456 e. The van der Waals surface area contributed by atoms with E-state index in [-0.39, 0.29) is 0 Å². The molecule has 1 aromatic heterocycles. The fraction of sp³-hybridized carbons (Fsp3) is 0. The summed E-state index contributed by atoms with van der Waals surface area (Å²) in [6.45, 7) is 0. The van der Waals surface area contributed by atoms with Gasteiger partial charge in [0.2, 0.25) is 0 Å². The third-order valence-electron chi connectivity index (χ3n) is 10.0. The molecule has 0 radical (unpaired) electrons. The van der Waals surface area contributed by atoms with Gasteiger partial charge in [0.25, 0.3) is 0 Å². The Bertz CT molecular complexity index is 2820. The van der Waals surface area contributed by atoms with E-state index < -0.39 is 0 Å². The zero-order chi connectivity index (χ0) is 32.3. The third-order valence-corrected chi connectivity index (χ3v) is 10.0. The second kappa shape index (κ2) is 11.1. The summed E-state index contributed by atoms with van der Waals surface area (Å²) >= 11 is 0. The molecule has 228 valence electrons. The molecular weight excluding hydrogens is 593 g/mol. The Morgan fingerprint density at radius 3 is 1.59 bits per heavy atom. The van der Waals surface area contributed by atoms with Gasteiger partial charge in [0.15, 0.2) is 0 Å². The third kappa shape index (κ3) is 4.47. The van der Waals surface area contributed by atoms with Crippen LogP contribution in [0.3, 0.4) is 0 Å². The molecule has 0 amide bonds. The lowest BCUT2D eigenvalue weighted by Crippen LogP contribution is -1.92. The molecule has 0 aliphatic carbocycles. The van der Waals surface area contributed by atoms with Crippen LogP contribution in [-0.4, -0.2) is 0 Å². The monoisotopic (exact) mass is 622 g/mol. The highest BCUT2D eigenvalue weighted by Gasteiger charge is 2.18. The smallest absolute Gasteiger partial charge is 0.135 e. The van der Waals surface area contributed by atoms with Crippen LogP contribution in [0, 0.1) is 0 Å². The number of fused-ring (bicyclic) bond motifs is 6. The highest BCUT2D eigenvalue weighted by Crippen LogP contribution is 2.46. The van der Waals surface area contributed by atoms with Crippen molar-refractivity contribution in [2.24, 2.45) is 0 Å². The summed E-state index contributed by atoms with van der Waals surface area (Å²) in [7, 11) is 0. The van der Waals surface area contributed by atoms with Gasteiger partial charge in [0, 0.05) is 10.8 Å². The molecule has 0 spiro atoms. The fourth-order valence-corrected chi connectivity index (χ4v) is 7.80. The first kappa shape index (κ1) is 27.7. The molecule has 0 fully saturated rings. The average molecular weight is 623 g/mol. The van der Waals surface area contributed by atoms with Crippen molar-refractivity contribution < 1.29 is 4.42 Å². The van der Waals surface area contributed by atoms with Crippen molar-refractivity contribution in [3.63, 3.8) is 0 Å². The molecular formula is C48H30O. The topological polar surface area (TPSA) is 13.1 Å². The van der Waals surface area contributed by atoms with Gasteiger partial charge in [-0.15, -0.1) is 0 Å². The first-order valence-corrected chi connectivity index (χ1v) is 16.8. The Hall–Kier alpha value is -6.44. The minimum absolute atomic E-state index is 0.915. The summed E-state index contributed by atoms with van der Waals surface area (Å²) < 4.78 is 6.13. The molecule has 0 N–H and O–H groups in total. The van der Waals surface area contributed by atoms with Gasteiger partial charge in [-0.2, -0.15) is 0 Å². The lowest BCUT2D eigenvalue weighted by molar-refractivity contribution is 0.669. The SMILES string of the molecule is c1ccc(-c2ccc3c(-c4c5ccccc5c(-c5cccc(-c6ccc7oc8ccccc8c7c6)c5)c5ccccc45)cccc3c2)cc1. The largest absolute Gasteiger partial charge is 0.456 e. The van der Waals surface area contributed by atoms with E-state index in [1.165, 1.54) is 76.8 Å². The molecule has 1 nitrogen and oxygen atoms in total. The van der Waals surface area contributed by atoms with Crippen LogP contribution in [0.4, 0.5) is 0 Å². The zero-order valence-corrected chi connectivity index (χ0v) is 26.7. The maximum atomic E-state index is 6.13. The number of hydrogen-bond donors (Lipinski definition) is 0. The lowest BCUT2D eigenvalue weighted by atomic mass is 9.84. The van der Waals surface area contributed by atoms with Crippen molar-refractivity contribution in [2.75, 3.05) is 0 Å². The average Bonchev–Trinajstić information content (AvgIpc) is 3.55. The van der Waals surface area contributed by atoms with Crippen LogP contribution < -0.4 is 0 Å². The van der Waals surface area contributed by atoms with Crippen LogP contribution in [0.1, 0.15) is 0 Å². The Labute approximate surface area is 284 Å². The molecule has 1 heteroatoms. The predicted molar refractivity (Wildman–Crippen MR) is 208 cm³/mol. The van der Waals surface area contributed by atoms with Crippen molar-refractivity contribution in [3.8, 4) is 44.5 Å². The first-order chi connectivity index (χ1) is 24.3. The molecule has 10 rings (SSSR count). The minimum atomic E-state index is 0.915. The summed E-state index contributed by atoms with van der Waals surface area (Å²) in [6.07, 6.45) is 0. The highest BCUT2D eigenvalue weighted by molar-refractivity contribution is 6.23. The second-order valence-electron chi connectivity index (χ2n) is 12.8. The normalized spacial score (nSPS) is 11.7. The summed E-state index contributed by atoms with van der Waals surface area (Å²) in [5.74, 6) is 0. The van der Waals surface area contributed by atoms with E-state index >= 15 is 0 Å². The molecule has 0 bridgehead atoms. The summed E-state index contributed by atoms with van der Waals surface area (Å²) in [4.78, 5) is 0. The molecule has 9 aromatic carbocycles.